The van der Waals surface area contributed by atoms with Gasteiger partial charge in [-0.25, -0.2) is 4.98 Å². The Morgan fingerprint density at radius 1 is 1.10 bits per heavy atom. The Hall–Kier alpha value is -2.75. The Kier molecular flexibility index (Phi) is 6.31. The van der Waals surface area contributed by atoms with Crippen LogP contribution in [0.2, 0.25) is 0 Å². The number of rotatable bonds is 5. The number of thiophene rings is 1. The molecule has 1 aliphatic heterocycles. The van der Waals surface area contributed by atoms with Gasteiger partial charge in [0.25, 0.3) is 11.5 Å². The first kappa shape index (κ1) is 21.0. The minimum absolute atomic E-state index is 0.146. The fraction of sp³-hybridized carbons (Fsp3) is 0.526. The van der Waals surface area contributed by atoms with Crippen LogP contribution in [0, 0.1) is 6.92 Å². The van der Waals surface area contributed by atoms with Crippen LogP contribution in [0.3, 0.4) is 0 Å². The first-order chi connectivity index (χ1) is 13.9. The van der Waals surface area contributed by atoms with E-state index in [1.165, 1.54) is 14.2 Å². The molecule has 0 radical (unpaired) electrons. The lowest BCUT2D eigenvalue weighted by Crippen LogP contribution is -2.40. The van der Waals surface area contributed by atoms with Crippen molar-refractivity contribution < 1.29 is 23.9 Å². The lowest BCUT2D eigenvalue weighted by atomic mass is 10.2. The normalized spacial score (nSPS) is 13.5. The summed E-state index contributed by atoms with van der Waals surface area (Å²) in [4.78, 5) is 56.1. The Balaban J connectivity index is 2.05. The Morgan fingerprint density at radius 2 is 1.76 bits per heavy atom. The molecular weight excluding hydrogens is 398 g/mol. The molecule has 3 rings (SSSR count). The van der Waals surface area contributed by atoms with Crippen LogP contribution < -0.4 is 5.56 Å². The summed E-state index contributed by atoms with van der Waals surface area (Å²) in [7, 11) is 2.40. The van der Waals surface area contributed by atoms with Gasteiger partial charge in [-0.15, -0.1) is 11.3 Å². The molecule has 2 aromatic rings. The van der Waals surface area contributed by atoms with Crippen LogP contribution >= 0.6 is 11.3 Å². The second-order valence-corrected chi connectivity index (χ2v) is 7.84. The second kappa shape index (κ2) is 8.73. The third-order valence-corrected chi connectivity index (χ3v) is 6.16. The van der Waals surface area contributed by atoms with Crippen LogP contribution in [-0.4, -0.2) is 59.6 Å². The van der Waals surface area contributed by atoms with Crippen LogP contribution in [0.4, 0.5) is 0 Å². The van der Waals surface area contributed by atoms with E-state index >= 15 is 0 Å². The van der Waals surface area contributed by atoms with Crippen molar-refractivity contribution in [1.29, 1.82) is 0 Å². The number of aryl methyl sites for hydroxylation is 2. The Bertz CT molecular complexity index is 1010. The maximum atomic E-state index is 13.1. The van der Waals surface area contributed by atoms with E-state index in [-0.39, 0.29) is 10.4 Å². The fourth-order valence-electron chi connectivity index (χ4n) is 3.40. The van der Waals surface area contributed by atoms with Crippen LogP contribution in [-0.2, 0) is 32.0 Å². The number of amides is 1. The van der Waals surface area contributed by atoms with Crippen molar-refractivity contribution in [3.63, 3.8) is 0 Å². The highest BCUT2D eigenvalue weighted by molar-refractivity contribution is 7.20. The molecule has 29 heavy (non-hydrogen) atoms. The molecular formula is C19H23N3O6S. The minimum atomic E-state index is -0.661. The van der Waals surface area contributed by atoms with Crippen molar-refractivity contribution in [2.24, 2.45) is 0 Å². The molecule has 0 saturated carbocycles. The summed E-state index contributed by atoms with van der Waals surface area (Å²) in [5, 5.41) is 0.417. The van der Waals surface area contributed by atoms with Crippen molar-refractivity contribution in [3.05, 3.63) is 26.6 Å². The molecule has 0 atom stereocenters. The third kappa shape index (κ3) is 4.16. The number of fused-ring (bicyclic) bond motifs is 2. The molecule has 0 fully saturated rings. The van der Waals surface area contributed by atoms with Gasteiger partial charge in [0, 0.05) is 13.0 Å². The smallest absolute Gasteiger partial charge is 0.325 e. The van der Waals surface area contributed by atoms with Gasteiger partial charge < -0.3 is 14.4 Å². The summed E-state index contributed by atoms with van der Waals surface area (Å²) in [5.74, 6) is -1.13. The number of carbonyl (C=O) groups is 3. The lowest BCUT2D eigenvalue weighted by molar-refractivity contribution is -0.144. The van der Waals surface area contributed by atoms with Crippen molar-refractivity contribution in [1.82, 2.24) is 14.5 Å². The van der Waals surface area contributed by atoms with Crippen molar-refractivity contribution in [3.8, 4) is 0 Å². The zero-order valence-corrected chi connectivity index (χ0v) is 17.5. The van der Waals surface area contributed by atoms with Crippen LogP contribution in [0.15, 0.2) is 4.79 Å². The molecule has 0 N–H and O–H groups in total. The maximum Gasteiger partial charge on any atom is 0.325 e. The van der Waals surface area contributed by atoms with Gasteiger partial charge in [-0.05, 0) is 25.3 Å². The largest absolute Gasteiger partial charge is 0.468 e. The van der Waals surface area contributed by atoms with Gasteiger partial charge in [-0.1, -0.05) is 6.42 Å². The molecule has 10 heteroatoms. The van der Waals surface area contributed by atoms with E-state index in [0.29, 0.717) is 22.3 Å². The summed E-state index contributed by atoms with van der Waals surface area (Å²) in [5.41, 5.74) is 0.360. The van der Waals surface area contributed by atoms with E-state index in [4.69, 9.17) is 0 Å². The van der Waals surface area contributed by atoms with Gasteiger partial charge in [-0.2, -0.15) is 0 Å². The van der Waals surface area contributed by atoms with E-state index in [0.717, 1.165) is 47.7 Å². The zero-order chi connectivity index (χ0) is 21.1. The topological polar surface area (TPSA) is 108 Å². The number of nitrogens with zero attached hydrogens (tertiary/aromatic N) is 3. The first-order valence-corrected chi connectivity index (χ1v) is 10.1. The van der Waals surface area contributed by atoms with Gasteiger partial charge >= 0.3 is 11.9 Å². The van der Waals surface area contributed by atoms with Gasteiger partial charge in [0.15, 0.2) is 0 Å². The van der Waals surface area contributed by atoms with E-state index < -0.39 is 30.9 Å². The number of esters is 2. The number of hydrogen-bond donors (Lipinski definition) is 0. The van der Waals surface area contributed by atoms with Gasteiger partial charge in [-0.3, -0.25) is 23.7 Å². The number of aromatic nitrogens is 2. The lowest BCUT2D eigenvalue weighted by Gasteiger charge is -2.19. The molecule has 3 heterocycles. The van der Waals surface area contributed by atoms with Crippen LogP contribution in [0.1, 0.15) is 40.3 Å². The van der Waals surface area contributed by atoms with E-state index in [1.54, 1.807) is 11.5 Å². The summed E-state index contributed by atoms with van der Waals surface area (Å²) in [6.07, 6.45) is 3.67. The van der Waals surface area contributed by atoms with E-state index in [2.05, 4.69) is 14.5 Å². The summed E-state index contributed by atoms with van der Waals surface area (Å²) >= 11 is 1.10. The SMILES string of the molecule is COC(=O)CN(CC(=O)OC)C(=O)c1sc2nc3n(c(=O)c2c1C)CCCCC3. The van der Waals surface area contributed by atoms with Crippen molar-refractivity contribution >= 4 is 39.4 Å². The number of ether oxygens (including phenoxy) is 2. The van der Waals surface area contributed by atoms with Crippen LogP contribution in [0.5, 0.6) is 0 Å². The highest BCUT2D eigenvalue weighted by Gasteiger charge is 2.28. The van der Waals surface area contributed by atoms with Gasteiger partial charge in [0.2, 0.25) is 0 Å². The molecule has 1 amide bonds. The monoisotopic (exact) mass is 421 g/mol. The molecule has 0 unspecified atom stereocenters. The van der Waals surface area contributed by atoms with Gasteiger partial charge in [0.05, 0.1) is 24.5 Å². The molecule has 0 saturated heterocycles. The molecule has 0 aromatic carbocycles. The summed E-state index contributed by atoms with van der Waals surface area (Å²) < 4.78 is 10.9. The minimum Gasteiger partial charge on any atom is -0.468 e. The first-order valence-electron chi connectivity index (χ1n) is 9.33. The van der Waals surface area contributed by atoms with Crippen molar-refractivity contribution in [2.45, 2.75) is 39.2 Å². The molecule has 2 aromatic heterocycles. The number of methoxy groups -OCH3 is 2. The highest BCUT2D eigenvalue weighted by Crippen LogP contribution is 2.29. The summed E-state index contributed by atoms with van der Waals surface area (Å²) in [6.45, 7) is 1.50. The second-order valence-electron chi connectivity index (χ2n) is 6.85. The third-order valence-electron chi connectivity index (χ3n) is 4.99. The number of carbonyl (C=O) groups excluding carboxylic acids is 3. The van der Waals surface area contributed by atoms with Gasteiger partial charge in [0.1, 0.15) is 23.7 Å². The Morgan fingerprint density at radius 3 is 2.38 bits per heavy atom. The average Bonchev–Trinajstić information content (AvgIpc) is 2.88. The van der Waals surface area contributed by atoms with E-state index in [1.807, 2.05) is 0 Å². The standard InChI is InChI=1S/C19H23N3O6S/c1-11-15-17(20-12-7-5-4-6-8-22(12)18(15)25)29-16(11)19(26)21(9-13(23)27-2)10-14(24)28-3/h4-10H2,1-3H3. The quantitative estimate of drug-likeness (QED) is 0.669. The average molecular weight is 421 g/mol. The van der Waals surface area contributed by atoms with Crippen LogP contribution in [0.25, 0.3) is 10.2 Å². The molecule has 0 bridgehead atoms. The maximum absolute atomic E-state index is 13.1. The van der Waals surface area contributed by atoms with E-state index in [9.17, 15) is 19.2 Å². The summed E-state index contributed by atoms with van der Waals surface area (Å²) in [6, 6.07) is 0. The van der Waals surface area contributed by atoms with Crippen molar-refractivity contribution in [2.75, 3.05) is 27.3 Å². The predicted octanol–water partition coefficient (Wildman–Crippen LogP) is 1.28. The zero-order valence-electron chi connectivity index (χ0n) is 16.6. The fourth-order valence-corrected chi connectivity index (χ4v) is 4.56. The molecule has 156 valence electrons. The Labute approximate surface area is 171 Å². The molecule has 1 aliphatic rings. The predicted molar refractivity (Wildman–Crippen MR) is 106 cm³/mol. The molecule has 0 aliphatic carbocycles. The molecule has 9 nitrogen and oxygen atoms in total. The molecule has 0 spiro atoms. The highest BCUT2D eigenvalue weighted by atomic mass is 32.1. The number of hydrogen-bond acceptors (Lipinski definition) is 8.